The standard InChI is InChI=1S/C18H31N3/c1-14-7-6-8-16(15(14)2)21-11-9-20(10-12-21)13-17(19)18(3,4)5/h6-8,17H,9-13,19H2,1-5H3. The average Bonchev–Trinajstić information content (AvgIpc) is 2.42. The molecule has 3 heteroatoms. The highest BCUT2D eigenvalue weighted by molar-refractivity contribution is 5.56. The van der Waals surface area contributed by atoms with Crippen LogP contribution >= 0.6 is 0 Å². The van der Waals surface area contributed by atoms with E-state index in [0.717, 1.165) is 32.7 Å². The van der Waals surface area contributed by atoms with Crippen LogP contribution in [-0.2, 0) is 0 Å². The van der Waals surface area contributed by atoms with Crippen molar-refractivity contribution in [1.29, 1.82) is 0 Å². The first-order valence-electron chi connectivity index (χ1n) is 8.08. The van der Waals surface area contributed by atoms with E-state index in [0.29, 0.717) is 0 Å². The summed E-state index contributed by atoms with van der Waals surface area (Å²) in [5, 5.41) is 0. The van der Waals surface area contributed by atoms with E-state index < -0.39 is 0 Å². The number of hydrogen-bond acceptors (Lipinski definition) is 3. The Morgan fingerprint density at radius 2 is 1.71 bits per heavy atom. The van der Waals surface area contributed by atoms with Gasteiger partial charge in [0.2, 0.25) is 0 Å². The molecule has 1 heterocycles. The molecule has 1 aliphatic heterocycles. The molecule has 1 unspecified atom stereocenters. The SMILES string of the molecule is Cc1cccc(N2CCN(CC(N)C(C)(C)C)CC2)c1C. The van der Waals surface area contributed by atoms with E-state index in [1.165, 1.54) is 16.8 Å². The summed E-state index contributed by atoms with van der Waals surface area (Å²) in [4.78, 5) is 5.03. The highest BCUT2D eigenvalue weighted by Gasteiger charge is 2.25. The van der Waals surface area contributed by atoms with Crippen LogP contribution < -0.4 is 10.6 Å². The maximum absolute atomic E-state index is 6.32. The third-order valence-corrected chi connectivity index (χ3v) is 4.86. The van der Waals surface area contributed by atoms with Gasteiger partial charge >= 0.3 is 0 Å². The third kappa shape index (κ3) is 3.98. The minimum atomic E-state index is 0.185. The Bertz CT molecular complexity index is 468. The molecule has 1 saturated heterocycles. The van der Waals surface area contributed by atoms with Gasteiger partial charge in [0, 0.05) is 44.5 Å². The Morgan fingerprint density at radius 1 is 1.10 bits per heavy atom. The first kappa shape index (κ1) is 16.3. The van der Waals surface area contributed by atoms with E-state index in [9.17, 15) is 0 Å². The van der Waals surface area contributed by atoms with Gasteiger partial charge in [0.1, 0.15) is 0 Å². The summed E-state index contributed by atoms with van der Waals surface area (Å²) >= 11 is 0. The van der Waals surface area contributed by atoms with Gasteiger partial charge in [-0.05, 0) is 36.5 Å². The Balaban J connectivity index is 1.93. The summed E-state index contributed by atoms with van der Waals surface area (Å²) < 4.78 is 0. The maximum atomic E-state index is 6.32. The minimum absolute atomic E-state index is 0.185. The molecule has 0 spiro atoms. The molecule has 0 aromatic heterocycles. The smallest absolute Gasteiger partial charge is 0.0399 e. The molecular weight excluding hydrogens is 258 g/mol. The van der Waals surface area contributed by atoms with Crippen molar-refractivity contribution in [3.63, 3.8) is 0 Å². The predicted molar refractivity (Wildman–Crippen MR) is 92.0 cm³/mol. The molecule has 0 amide bonds. The van der Waals surface area contributed by atoms with Gasteiger partial charge in [-0.2, -0.15) is 0 Å². The molecule has 0 aliphatic carbocycles. The van der Waals surface area contributed by atoms with Gasteiger partial charge in [-0.1, -0.05) is 32.9 Å². The zero-order valence-corrected chi connectivity index (χ0v) is 14.3. The van der Waals surface area contributed by atoms with Crippen molar-refractivity contribution in [2.24, 2.45) is 11.1 Å². The van der Waals surface area contributed by atoms with E-state index in [2.05, 4.69) is 62.6 Å². The van der Waals surface area contributed by atoms with Crippen LogP contribution in [0, 0.1) is 19.3 Å². The van der Waals surface area contributed by atoms with Gasteiger partial charge in [0.25, 0.3) is 0 Å². The fourth-order valence-electron chi connectivity index (χ4n) is 2.80. The van der Waals surface area contributed by atoms with Gasteiger partial charge in [0.15, 0.2) is 0 Å². The Morgan fingerprint density at radius 3 is 2.29 bits per heavy atom. The largest absolute Gasteiger partial charge is 0.369 e. The lowest BCUT2D eigenvalue weighted by atomic mass is 9.87. The topological polar surface area (TPSA) is 32.5 Å². The van der Waals surface area contributed by atoms with Crippen LogP contribution in [0.25, 0.3) is 0 Å². The van der Waals surface area contributed by atoms with Crippen LogP contribution in [0.4, 0.5) is 5.69 Å². The van der Waals surface area contributed by atoms with Gasteiger partial charge in [0.05, 0.1) is 0 Å². The quantitative estimate of drug-likeness (QED) is 0.929. The molecule has 118 valence electrons. The molecule has 1 fully saturated rings. The molecule has 0 bridgehead atoms. The fraction of sp³-hybridized carbons (Fsp3) is 0.667. The lowest BCUT2D eigenvalue weighted by Crippen LogP contribution is -2.52. The zero-order valence-electron chi connectivity index (χ0n) is 14.3. The van der Waals surface area contributed by atoms with Crippen molar-refractivity contribution in [1.82, 2.24) is 4.90 Å². The number of hydrogen-bond donors (Lipinski definition) is 1. The molecule has 1 atom stereocenters. The lowest BCUT2D eigenvalue weighted by Gasteiger charge is -2.40. The Labute approximate surface area is 130 Å². The van der Waals surface area contributed by atoms with E-state index in [-0.39, 0.29) is 11.5 Å². The lowest BCUT2D eigenvalue weighted by molar-refractivity contribution is 0.191. The van der Waals surface area contributed by atoms with Gasteiger partial charge < -0.3 is 10.6 Å². The number of nitrogens with two attached hydrogens (primary N) is 1. The second kappa shape index (κ2) is 6.37. The minimum Gasteiger partial charge on any atom is -0.369 e. The second-order valence-electron chi connectivity index (χ2n) is 7.48. The van der Waals surface area contributed by atoms with Gasteiger partial charge in [-0.3, -0.25) is 4.90 Å². The van der Waals surface area contributed by atoms with Crippen LogP contribution in [0.1, 0.15) is 31.9 Å². The van der Waals surface area contributed by atoms with Crippen molar-refractivity contribution in [3.8, 4) is 0 Å². The van der Waals surface area contributed by atoms with Crippen molar-refractivity contribution in [2.75, 3.05) is 37.6 Å². The summed E-state index contributed by atoms with van der Waals surface area (Å²) in [6, 6.07) is 6.85. The van der Waals surface area contributed by atoms with Crippen molar-refractivity contribution in [2.45, 2.75) is 40.7 Å². The molecule has 2 rings (SSSR count). The summed E-state index contributed by atoms with van der Waals surface area (Å²) in [5.41, 5.74) is 10.7. The third-order valence-electron chi connectivity index (χ3n) is 4.86. The van der Waals surface area contributed by atoms with Gasteiger partial charge in [-0.15, -0.1) is 0 Å². The summed E-state index contributed by atoms with van der Waals surface area (Å²) in [6.45, 7) is 16.5. The van der Waals surface area contributed by atoms with Crippen LogP contribution in [0.3, 0.4) is 0 Å². The molecule has 1 aromatic rings. The van der Waals surface area contributed by atoms with E-state index in [4.69, 9.17) is 5.73 Å². The zero-order chi connectivity index (χ0) is 15.6. The van der Waals surface area contributed by atoms with Crippen LogP contribution in [0.5, 0.6) is 0 Å². The number of benzene rings is 1. The molecule has 1 aliphatic rings. The van der Waals surface area contributed by atoms with Crippen LogP contribution in [0.2, 0.25) is 0 Å². The van der Waals surface area contributed by atoms with E-state index in [1.54, 1.807) is 0 Å². The molecule has 21 heavy (non-hydrogen) atoms. The number of anilines is 1. The molecule has 0 radical (unpaired) electrons. The number of aryl methyl sites for hydroxylation is 1. The molecule has 1 aromatic carbocycles. The van der Waals surface area contributed by atoms with Gasteiger partial charge in [-0.25, -0.2) is 0 Å². The van der Waals surface area contributed by atoms with Crippen molar-refractivity contribution < 1.29 is 0 Å². The first-order chi connectivity index (χ1) is 9.79. The van der Waals surface area contributed by atoms with Crippen LogP contribution in [-0.4, -0.2) is 43.7 Å². The van der Waals surface area contributed by atoms with E-state index >= 15 is 0 Å². The number of rotatable bonds is 3. The summed E-state index contributed by atoms with van der Waals surface area (Å²) in [7, 11) is 0. The summed E-state index contributed by atoms with van der Waals surface area (Å²) in [5.74, 6) is 0. The molecule has 3 nitrogen and oxygen atoms in total. The monoisotopic (exact) mass is 289 g/mol. The Hall–Kier alpha value is -1.06. The molecule has 2 N–H and O–H groups in total. The fourth-order valence-corrected chi connectivity index (χ4v) is 2.80. The maximum Gasteiger partial charge on any atom is 0.0399 e. The predicted octanol–water partition coefficient (Wildman–Crippen LogP) is 2.80. The summed E-state index contributed by atoms with van der Waals surface area (Å²) in [6.07, 6.45) is 0. The van der Waals surface area contributed by atoms with E-state index in [1.807, 2.05) is 0 Å². The highest BCUT2D eigenvalue weighted by atomic mass is 15.3. The average molecular weight is 289 g/mol. The Kier molecular flexibility index (Phi) is 4.95. The van der Waals surface area contributed by atoms with Crippen molar-refractivity contribution >= 4 is 5.69 Å². The molecule has 0 saturated carbocycles. The normalized spacial score (nSPS) is 18.9. The number of nitrogens with zero attached hydrogens (tertiary/aromatic N) is 2. The molecular formula is C18H31N3. The first-order valence-corrected chi connectivity index (χ1v) is 8.08. The second-order valence-corrected chi connectivity index (χ2v) is 7.48. The highest BCUT2D eigenvalue weighted by Crippen LogP contribution is 2.24. The van der Waals surface area contributed by atoms with Crippen molar-refractivity contribution in [3.05, 3.63) is 29.3 Å². The van der Waals surface area contributed by atoms with Crippen LogP contribution in [0.15, 0.2) is 18.2 Å². The number of piperazine rings is 1.